The minimum Gasteiger partial charge on any atom is -0.508 e. The molecule has 40 heavy (non-hydrogen) atoms. The van der Waals surface area contributed by atoms with Crippen molar-refractivity contribution in [1.29, 1.82) is 0 Å². The largest absolute Gasteiger partial charge is 0.508 e. The fourth-order valence-electron chi connectivity index (χ4n) is 4.21. The number of benzene rings is 2. The van der Waals surface area contributed by atoms with Gasteiger partial charge >= 0.3 is 5.97 Å². The van der Waals surface area contributed by atoms with Crippen molar-refractivity contribution in [3.05, 3.63) is 65.9 Å². The minimum atomic E-state index is -1.28. The van der Waals surface area contributed by atoms with Crippen molar-refractivity contribution in [2.24, 2.45) is 11.7 Å². The van der Waals surface area contributed by atoms with Crippen LogP contribution >= 0.6 is 0 Å². The van der Waals surface area contributed by atoms with Gasteiger partial charge in [0.25, 0.3) is 0 Å². The standard InChI is InChI=1S/C28H35N5O7/c1-15(2)24(28(39)40)33-27(38)23(12-17-13-30-21-6-4-3-5-19(17)21)32-26(37)22(31-25(36)20(29)14-34)11-16-7-9-18(35)10-8-16/h3-10,13,15,20,22-24,30,34-35H,11-12,14,29H2,1-2H3,(H,31,36)(H,32,37)(H,33,38)(H,39,40). The van der Waals surface area contributed by atoms with Crippen molar-refractivity contribution in [3.63, 3.8) is 0 Å². The summed E-state index contributed by atoms with van der Waals surface area (Å²) in [5.74, 6) is -3.82. The van der Waals surface area contributed by atoms with Crippen LogP contribution in [-0.4, -0.2) is 74.8 Å². The number of carboxylic acids is 1. The molecule has 0 radical (unpaired) electrons. The lowest BCUT2D eigenvalue weighted by Gasteiger charge is -2.26. The molecule has 1 heterocycles. The molecule has 12 heteroatoms. The number of aliphatic hydroxyl groups excluding tert-OH is 1. The molecular formula is C28H35N5O7. The zero-order valence-corrected chi connectivity index (χ0v) is 22.3. The van der Waals surface area contributed by atoms with Gasteiger partial charge in [-0.25, -0.2) is 4.79 Å². The van der Waals surface area contributed by atoms with E-state index < -0.39 is 60.4 Å². The Bertz CT molecular complexity index is 1340. The zero-order chi connectivity index (χ0) is 29.4. The van der Waals surface area contributed by atoms with E-state index in [2.05, 4.69) is 20.9 Å². The number of para-hydroxylation sites is 1. The molecule has 0 bridgehead atoms. The maximum absolute atomic E-state index is 13.5. The highest BCUT2D eigenvalue weighted by Crippen LogP contribution is 2.20. The van der Waals surface area contributed by atoms with E-state index in [-0.39, 0.29) is 18.6 Å². The number of aromatic hydroxyl groups is 1. The molecule has 214 valence electrons. The van der Waals surface area contributed by atoms with Crippen LogP contribution in [0.25, 0.3) is 10.9 Å². The number of aromatic nitrogens is 1. The number of aliphatic hydroxyl groups is 1. The number of phenolic OH excluding ortho intramolecular Hbond substituents is 1. The summed E-state index contributed by atoms with van der Waals surface area (Å²) in [5.41, 5.74) is 7.77. The van der Waals surface area contributed by atoms with E-state index in [1.54, 1.807) is 32.2 Å². The summed E-state index contributed by atoms with van der Waals surface area (Å²) in [7, 11) is 0. The van der Waals surface area contributed by atoms with Gasteiger partial charge in [-0.05, 0) is 35.2 Å². The third-order valence-electron chi connectivity index (χ3n) is 6.51. The second-order valence-electron chi connectivity index (χ2n) is 9.91. The van der Waals surface area contributed by atoms with Gasteiger partial charge in [-0.1, -0.05) is 44.2 Å². The van der Waals surface area contributed by atoms with Crippen LogP contribution < -0.4 is 21.7 Å². The van der Waals surface area contributed by atoms with Crippen LogP contribution in [0.1, 0.15) is 25.0 Å². The first kappa shape index (κ1) is 30.1. The first-order valence-corrected chi connectivity index (χ1v) is 12.8. The number of carboxylic acid groups (broad SMARTS) is 1. The van der Waals surface area contributed by atoms with Crippen molar-refractivity contribution in [1.82, 2.24) is 20.9 Å². The molecule has 0 spiro atoms. The highest BCUT2D eigenvalue weighted by molar-refractivity contribution is 5.95. The molecule has 12 nitrogen and oxygen atoms in total. The Morgan fingerprint density at radius 1 is 0.875 bits per heavy atom. The van der Waals surface area contributed by atoms with Crippen LogP contribution in [-0.2, 0) is 32.0 Å². The number of nitrogens with one attached hydrogen (secondary N) is 4. The predicted molar refractivity (Wildman–Crippen MR) is 147 cm³/mol. The lowest BCUT2D eigenvalue weighted by Crippen LogP contribution is -2.58. The van der Waals surface area contributed by atoms with Gasteiger partial charge in [-0.2, -0.15) is 0 Å². The molecule has 3 amide bonds. The molecule has 1 aromatic heterocycles. The van der Waals surface area contributed by atoms with Crippen molar-refractivity contribution >= 4 is 34.6 Å². The van der Waals surface area contributed by atoms with Crippen LogP contribution in [0.2, 0.25) is 0 Å². The maximum atomic E-state index is 13.5. The second kappa shape index (κ2) is 13.6. The van der Waals surface area contributed by atoms with E-state index in [1.165, 1.54) is 12.1 Å². The number of carbonyl (C=O) groups is 4. The third kappa shape index (κ3) is 7.80. The summed E-state index contributed by atoms with van der Waals surface area (Å²) >= 11 is 0. The van der Waals surface area contributed by atoms with Gasteiger partial charge < -0.3 is 42.0 Å². The molecule has 4 atom stereocenters. The van der Waals surface area contributed by atoms with Crippen LogP contribution in [0.15, 0.2) is 54.7 Å². The molecule has 3 aromatic rings. The summed E-state index contributed by atoms with van der Waals surface area (Å²) in [4.78, 5) is 54.3. The van der Waals surface area contributed by atoms with Crippen LogP contribution in [0.3, 0.4) is 0 Å². The van der Waals surface area contributed by atoms with Gasteiger partial charge in [0.2, 0.25) is 17.7 Å². The average Bonchev–Trinajstić information content (AvgIpc) is 3.33. The van der Waals surface area contributed by atoms with Gasteiger partial charge in [0, 0.05) is 29.9 Å². The van der Waals surface area contributed by atoms with Crippen LogP contribution in [0, 0.1) is 5.92 Å². The molecule has 9 N–H and O–H groups in total. The fraction of sp³-hybridized carbons (Fsp3) is 0.357. The molecule has 0 aliphatic heterocycles. The van der Waals surface area contributed by atoms with E-state index in [9.17, 15) is 34.5 Å². The number of phenols is 1. The van der Waals surface area contributed by atoms with Crippen molar-refractivity contribution < 1.29 is 34.5 Å². The number of amides is 3. The Labute approximate surface area is 231 Å². The van der Waals surface area contributed by atoms with Gasteiger partial charge in [0.1, 0.15) is 29.9 Å². The first-order valence-electron chi connectivity index (χ1n) is 12.8. The Morgan fingerprint density at radius 2 is 1.48 bits per heavy atom. The van der Waals surface area contributed by atoms with E-state index in [4.69, 9.17) is 5.73 Å². The predicted octanol–water partition coefficient (Wildman–Crippen LogP) is 0.173. The first-order chi connectivity index (χ1) is 19.0. The summed E-state index contributed by atoms with van der Waals surface area (Å²) in [6.45, 7) is 2.66. The Morgan fingerprint density at radius 3 is 2.10 bits per heavy atom. The van der Waals surface area contributed by atoms with E-state index in [1.807, 2.05) is 24.3 Å². The van der Waals surface area contributed by atoms with Gasteiger partial charge in [-0.3, -0.25) is 14.4 Å². The second-order valence-corrected chi connectivity index (χ2v) is 9.91. The van der Waals surface area contributed by atoms with E-state index >= 15 is 0 Å². The molecule has 4 unspecified atom stereocenters. The highest BCUT2D eigenvalue weighted by atomic mass is 16.4. The SMILES string of the molecule is CC(C)C(NC(=O)C(Cc1c[nH]c2ccccc12)NC(=O)C(Cc1ccc(O)cc1)NC(=O)C(N)CO)C(=O)O. The average molecular weight is 554 g/mol. The summed E-state index contributed by atoms with van der Waals surface area (Å²) in [5, 5.41) is 37.0. The summed E-state index contributed by atoms with van der Waals surface area (Å²) in [6.07, 6.45) is 1.73. The van der Waals surface area contributed by atoms with E-state index in [0.717, 1.165) is 10.9 Å². The minimum absolute atomic E-state index is 0.0127. The number of fused-ring (bicyclic) bond motifs is 1. The molecule has 2 aromatic carbocycles. The quantitative estimate of drug-likeness (QED) is 0.146. The van der Waals surface area contributed by atoms with E-state index in [0.29, 0.717) is 11.1 Å². The topological polar surface area (TPSA) is 207 Å². The number of rotatable bonds is 13. The summed E-state index contributed by atoms with van der Waals surface area (Å²) < 4.78 is 0. The van der Waals surface area contributed by atoms with Gasteiger partial charge in [-0.15, -0.1) is 0 Å². The Balaban J connectivity index is 1.91. The lowest BCUT2D eigenvalue weighted by atomic mass is 10.00. The van der Waals surface area contributed by atoms with Crippen molar-refractivity contribution in [2.45, 2.75) is 50.9 Å². The number of aliphatic carboxylic acids is 1. The maximum Gasteiger partial charge on any atom is 0.326 e. The van der Waals surface area contributed by atoms with Crippen molar-refractivity contribution in [2.75, 3.05) is 6.61 Å². The molecule has 0 fully saturated rings. The monoisotopic (exact) mass is 553 g/mol. The van der Waals surface area contributed by atoms with Gasteiger partial charge in [0.05, 0.1) is 6.61 Å². The third-order valence-corrected chi connectivity index (χ3v) is 6.51. The zero-order valence-electron chi connectivity index (χ0n) is 22.3. The van der Waals surface area contributed by atoms with Crippen LogP contribution in [0.4, 0.5) is 0 Å². The Kier molecular flexibility index (Phi) is 10.2. The normalized spacial score (nSPS) is 14.2. The van der Waals surface area contributed by atoms with Gasteiger partial charge in [0.15, 0.2) is 0 Å². The van der Waals surface area contributed by atoms with Crippen LogP contribution in [0.5, 0.6) is 5.75 Å². The number of nitrogens with two attached hydrogens (primary N) is 1. The number of carbonyl (C=O) groups excluding carboxylic acids is 3. The number of aromatic amines is 1. The highest BCUT2D eigenvalue weighted by Gasteiger charge is 2.32. The lowest BCUT2D eigenvalue weighted by molar-refractivity contribution is -0.143. The molecule has 0 aliphatic carbocycles. The molecule has 0 saturated carbocycles. The summed E-state index contributed by atoms with van der Waals surface area (Å²) in [6, 6.07) is 8.54. The molecular weight excluding hydrogens is 518 g/mol. The fourth-order valence-corrected chi connectivity index (χ4v) is 4.21. The number of H-pyrrole nitrogens is 1. The molecule has 3 rings (SSSR count). The Hall–Kier alpha value is -4.42. The smallest absolute Gasteiger partial charge is 0.326 e. The van der Waals surface area contributed by atoms with Crippen molar-refractivity contribution in [3.8, 4) is 5.75 Å². The molecule has 0 saturated heterocycles. The number of hydrogen-bond acceptors (Lipinski definition) is 7. The molecule has 0 aliphatic rings. The number of hydrogen-bond donors (Lipinski definition) is 8.